The fourth-order valence-corrected chi connectivity index (χ4v) is 3.20. The number of ether oxygens (including phenoxy) is 2. The number of carbonyl (C=O) groups is 2. The van der Waals surface area contributed by atoms with Gasteiger partial charge in [-0.05, 0) is 48.0 Å². The summed E-state index contributed by atoms with van der Waals surface area (Å²) < 4.78 is 10.7. The van der Waals surface area contributed by atoms with Gasteiger partial charge in [0, 0.05) is 0 Å². The highest BCUT2D eigenvalue weighted by Crippen LogP contribution is 2.31. The van der Waals surface area contributed by atoms with Gasteiger partial charge in [0.15, 0.2) is 11.5 Å². The Morgan fingerprint density at radius 2 is 1.66 bits per heavy atom. The fourth-order valence-electron chi connectivity index (χ4n) is 2.71. The molecule has 0 aliphatic rings. The van der Waals surface area contributed by atoms with E-state index in [0.29, 0.717) is 16.9 Å². The number of amides is 1. The molecule has 1 N–H and O–H groups in total. The van der Waals surface area contributed by atoms with Gasteiger partial charge in [0.1, 0.15) is 11.6 Å². The molecule has 3 aromatic rings. The number of nitrogens with zero attached hydrogens (tertiary/aromatic N) is 1. The monoisotopic (exact) mass is 466 g/mol. The van der Waals surface area contributed by atoms with Gasteiger partial charge in [-0.3, -0.25) is 4.79 Å². The van der Waals surface area contributed by atoms with Crippen molar-refractivity contribution in [3.05, 3.63) is 93.5 Å². The zero-order chi connectivity index (χ0) is 23.1. The maximum Gasteiger partial charge on any atom is 0.343 e. The number of esters is 1. The third-order valence-corrected chi connectivity index (χ3v) is 4.91. The van der Waals surface area contributed by atoms with Gasteiger partial charge in [-0.1, -0.05) is 53.5 Å². The van der Waals surface area contributed by atoms with Gasteiger partial charge in [0.25, 0.3) is 5.91 Å². The minimum atomic E-state index is -0.693. The quantitative estimate of drug-likeness (QED) is 0.215. The number of nitriles is 1. The second-order valence-electron chi connectivity index (χ2n) is 6.39. The van der Waals surface area contributed by atoms with Gasteiger partial charge in [0.05, 0.1) is 28.4 Å². The molecule has 32 heavy (non-hydrogen) atoms. The number of para-hydroxylation sites is 1. The lowest BCUT2D eigenvalue weighted by atomic mass is 10.1. The summed E-state index contributed by atoms with van der Waals surface area (Å²) in [5, 5.41) is 12.5. The van der Waals surface area contributed by atoms with E-state index in [-0.39, 0.29) is 27.1 Å². The fraction of sp³-hybridized carbons (Fsp3) is 0.0417. The standard InChI is InChI=1S/C24H16Cl2N2O4/c1-31-20-11-10-15(13-21(20)32-24(30)16-6-3-2-4-7-16)12-17(14-27)23(29)28-22-18(25)8-5-9-19(22)26/h2-13H,1H3,(H,28,29)/b17-12+. The maximum absolute atomic E-state index is 12.6. The van der Waals surface area contributed by atoms with Crippen LogP contribution in [0.4, 0.5) is 5.69 Å². The van der Waals surface area contributed by atoms with E-state index in [1.54, 1.807) is 60.7 Å². The van der Waals surface area contributed by atoms with Gasteiger partial charge < -0.3 is 14.8 Å². The lowest BCUT2D eigenvalue weighted by Crippen LogP contribution is -2.14. The van der Waals surface area contributed by atoms with Crippen LogP contribution in [0.3, 0.4) is 0 Å². The lowest BCUT2D eigenvalue weighted by Gasteiger charge is -2.11. The summed E-state index contributed by atoms with van der Waals surface area (Å²) in [6.45, 7) is 0. The number of carbonyl (C=O) groups excluding carboxylic acids is 2. The number of nitrogens with one attached hydrogen (secondary N) is 1. The Kier molecular flexibility index (Phi) is 7.50. The third kappa shape index (κ3) is 5.46. The predicted octanol–water partition coefficient (Wildman–Crippen LogP) is 5.77. The normalized spacial score (nSPS) is 10.8. The van der Waals surface area contributed by atoms with E-state index in [4.69, 9.17) is 32.7 Å². The average Bonchev–Trinajstić information content (AvgIpc) is 2.80. The molecule has 0 saturated carbocycles. The summed E-state index contributed by atoms with van der Waals surface area (Å²) in [6, 6.07) is 19.8. The second kappa shape index (κ2) is 10.5. The van der Waals surface area contributed by atoms with Gasteiger partial charge in [-0.2, -0.15) is 5.26 Å². The Morgan fingerprint density at radius 3 is 2.28 bits per heavy atom. The predicted molar refractivity (Wildman–Crippen MR) is 123 cm³/mol. The van der Waals surface area contributed by atoms with Crippen molar-refractivity contribution in [3.8, 4) is 17.6 Å². The highest BCUT2D eigenvalue weighted by molar-refractivity contribution is 6.40. The van der Waals surface area contributed by atoms with Gasteiger partial charge >= 0.3 is 5.97 Å². The van der Waals surface area contributed by atoms with Crippen molar-refractivity contribution in [2.45, 2.75) is 0 Å². The number of anilines is 1. The summed E-state index contributed by atoms with van der Waals surface area (Å²) in [6.07, 6.45) is 1.35. The first-order valence-corrected chi connectivity index (χ1v) is 10.0. The molecule has 0 heterocycles. The molecule has 0 aliphatic heterocycles. The van der Waals surface area contributed by atoms with Gasteiger partial charge in [-0.25, -0.2) is 4.79 Å². The van der Waals surface area contributed by atoms with E-state index < -0.39 is 11.9 Å². The number of hydrogen-bond acceptors (Lipinski definition) is 5. The molecule has 0 fully saturated rings. The van der Waals surface area contributed by atoms with Crippen molar-refractivity contribution in [2.24, 2.45) is 0 Å². The Labute approximate surface area is 194 Å². The topological polar surface area (TPSA) is 88.4 Å². The van der Waals surface area contributed by atoms with Crippen LogP contribution in [0.5, 0.6) is 11.5 Å². The highest BCUT2D eigenvalue weighted by Gasteiger charge is 2.16. The van der Waals surface area contributed by atoms with Crippen molar-refractivity contribution in [2.75, 3.05) is 12.4 Å². The van der Waals surface area contributed by atoms with Gasteiger partial charge in [0.2, 0.25) is 0 Å². The van der Waals surface area contributed by atoms with Crippen molar-refractivity contribution in [1.82, 2.24) is 0 Å². The molecule has 0 unspecified atom stereocenters. The Balaban J connectivity index is 1.87. The first-order chi connectivity index (χ1) is 15.4. The van der Waals surface area contributed by atoms with Crippen LogP contribution in [0.15, 0.2) is 72.3 Å². The van der Waals surface area contributed by atoms with E-state index in [9.17, 15) is 14.9 Å². The molecule has 0 spiro atoms. The molecule has 6 nitrogen and oxygen atoms in total. The zero-order valence-corrected chi connectivity index (χ0v) is 18.3. The van der Waals surface area contributed by atoms with Crippen LogP contribution < -0.4 is 14.8 Å². The number of benzene rings is 3. The van der Waals surface area contributed by atoms with E-state index >= 15 is 0 Å². The van der Waals surface area contributed by atoms with Crippen LogP contribution in [0.25, 0.3) is 6.08 Å². The molecule has 160 valence electrons. The molecule has 0 aromatic heterocycles. The van der Waals surface area contributed by atoms with Crippen molar-refractivity contribution in [3.63, 3.8) is 0 Å². The first kappa shape index (κ1) is 22.9. The van der Waals surface area contributed by atoms with Crippen LogP contribution in [0.1, 0.15) is 15.9 Å². The molecule has 8 heteroatoms. The highest BCUT2D eigenvalue weighted by atomic mass is 35.5. The zero-order valence-electron chi connectivity index (χ0n) is 16.8. The number of hydrogen-bond donors (Lipinski definition) is 1. The molecular weight excluding hydrogens is 451 g/mol. The van der Waals surface area contributed by atoms with E-state index in [0.717, 1.165) is 0 Å². The van der Waals surface area contributed by atoms with Crippen LogP contribution >= 0.6 is 23.2 Å². The number of methoxy groups -OCH3 is 1. The molecule has 0 saturated heterocycles. The summed E-state index contributed by atoms with van der Waals surface area (Å²) in [5.41, 5.74) is 0.809. The minimum absolute atomic E-state index is 0.141. The van der Waals surface area contributed by atoms with Crippen molar-refractivity contribution < 1.29 is 19.1 Å². The van der Waals surface area contributed by atoms with Gasteiger partial charge in [-0.15, -0.1) is 0 Å². The summed E-state index contributed by atoms with van der Waals surface area (Å²) in [7, 11) is 1.44. The molecular formula is C24H16Cl2N2O4. The first-order valence-electron chi connectivity index (χ1n) is 9.25. The van der Waals surface area contributed by atoms with E-state index in [1.165, 1.54) is 19.3 Å². The van der Waals surface area contributed by atoms with Crippen molar-refractivity contribution >= 4 is 46.8 Å². The lowest BCUT2D eigenvalue weighted by molar-refractivity contribution is -0.112. The molecule has 3 aromatic carbocycles. The van der Waals surface area contributed by atoms with Crippen LogP contribution in [-0.4, -0.2) is 19.0 Å². The molecule has 1 amide bonds. The number of rotatable bonds is 6. The molecule has 0 bridgehead atoms. The van der Waals surface area contributed by atoms with Crippen LogP contribution in [-0.2, 0) is 4.79 Å². The van der Waals surface area contributed by atoms with Crippen LogP contribution in [0.2, 0.25) is 10.0 Å². The summed E-state index contributed by atoms with van der Waals surface area (Å²) in [5.74, 6) is -0.808. The smallest absolute Gasteiger partial charge is 0.343 e. The van der Waals surface area contributed by atoms with E-state index in [1.807, 2.05) is 6.07 Å². The van der Waals surface area contributed by atoms with Crippen molar-refractivity contribution in [1.29, 1.82) is 5.26 Å². The minimum Gasteiger partial charge on any atom is -0.493 e. The number of halogens is 2. The van der Waals surface area contributed by atoms with Crippen LogP contribution in [0, 0.1) is 11.3 Å². The molecule has 0 aliphatic carbocycles. The second-order valence-corrected chi connectivity index (χ2v) is 7.20. The summed E-state index contributed by atoms with van der Waals surface area (Å²) >= 11 is 12.1. The maximum atomic E-state index is 12.6. The molecule has 0 radical (unpaired) electrons. The Hall–Kier alpha value is -3.79. The summed E-state index contributed by atoms with van der Waals surface area (Å²) in [4.78, 5) is 25.0. The Morgan fingerprint density at radius 1 is 0.969 bits per heavy atom. The molecule has 3 rings (SSSR count). The van der Waals surface area contributed by atoms with E-state index in [2.05, 4.69) is 5.32 Å². The largest absolute Gasteiger partial charge is 0.493 e. The molecule has 0 atom stereocenters. The SMILES string of the molecule is COc1ccc(/C=C(\C#N)C(=O)Nc2c(Cl)cccc2Cl)cc1OC(=O)c1ccccc1. The third-order valence-electron chi connectivity index (χ3n) is 4.28. The average molecular weight is 467 g/mol. The Bertz CT molecular complexity index is 1210.